The van der Waals surface area contributed by atoms with Crippen LogP contribution < -0.4 is 0 Å². The monoisotopic (exact) mass is 618 g/mol. The molecule has 0 spiro atoms. The summed E-state index contributed by atoms with van der Waals surface area (Å²) in [5.41, 5.74) is -2.63. The summed E-state index contributed by atoms with van der Waals surface area (Å²) in [4.78, 5) is 45.4. The number of benzene rings is 1. The molecule has 0 radical (unpaired) electrons. The summed E-state index contributed by atoms with van der Waals surface area (Å²) < 4.78 is 6.45. The minimum atomic E-state index is -2.13. The van der Waals surface area contributed by atoms with Crippen molar-refractivity contribution in [3.05, 3.63) is 71.0 Å². The molecule has 0 aromatic heterocycles. The van der Waals surface area contributed by atoms with Crippen molar-refractivity contribution in [3.63, 3.8) is 0 Å². The summed E-state index contributed by atoms with van der Waals surface area (Å²) >= 11 is 0. The maximum absolute atomic E-state index is 15.3. The summed E-state index contributed by atoms with van der Waals surface area (Å²) in [6.07, 6.45) is 4.07. The first-order chi connectivity index (χ1) is 20.7. The van der Waals surface area contributed by atoms with Crippen LogP contribution in [-0.4, -0.2) is 44.4 Å². The van der Waals surface area contributed by atoms with Crippen LogP contribution in [-0.2, 0) is 14.3 Å². The van der Waals surface area contributed by atoms with Gasteiger partial charge in [-0.1, -0.05) is 43.2 Å². The van der Waals surface area contributed by atoms with Crippen molar-refractivity contribution in [2.45, 2.75) is 106 Å². The highest BCUT2D eigenvalue weighted by Gasteiger charge is 2.76. The van der Waals surface area contributed by atoms with E-state index < -0.39 is 56.8 Å². The van der Waals surface area contributed by atoms with Gasteiger partial charge in [0.15, 0.2) is 34.3 Å². The number of fused-ring (bicyclic) bond motifs is 3. The Hall–Kier alpha value is -3.45. The van der Waals surface area contributed by atoms with Crippen molar-refractivity contribution < 1.29 is 34.4 Å². The summed E-state index contributed by atoms with van der Waals surface area (Å²) in [7, 11) is 0. The molecule has 4 rings (SSSR count). The lowest BCUT2D eigenvalue weighted by atomic mass is 9.39. The van der Waals surface area contributed by atoms with Crippen LogP contribution in [0.1, 0.15) is 104 Å². The van der Waals surface area contributed by atoms with Crippen LogP contribution in [0.15, 0.2) is 65.5 Å². The van der Waals surface area contributed by atoms with Gasteiger partial charge in [0.2, 0.25) is 0 Å². The maximum Gasteiger partial charge on any atom is 0.184 e. The molecular formula is C38H50O7. The van der Waals surface area contributed by atoms with Gasteiger partial charge >= 0.3 is 0 Å². The summed E-state index contributed by atoms with van der Waals surface area (Å²) in [6, 6.07) is 3.67. The SMILES string of the molecule is C=C(C)CCC(C[C@@H]1C[C@]2(CC=C(C)C)C(=O)[C@@](C(=O)c3ccc(O)c(O)c3)(C(=O)C3=C2O[C@@H](C(C)(C)O)C3)C1(C)C)C(=C)C. The average molecular weight is 619 g/mol. The molecule has 5 atom stereocenters. The molecule has 2 aliphatic carbocycles. The van der Waals surface area contributed by atoms with E-state index in [-0.39, 0.29) is 41.6 Å². The van der Waals surface area contributed by atoms with Gasteiger partial charge < -0.3 is 20.1 Å². The van der Waals surface area contributed by atoms with E-state index in [0.29, 0.717) is 12.8 Å². The molecule has 1 aromatic rings. The molecule has 1 unspecified atom stereocenters. The minimum absolute atomic E-state index is 0.0300. The third-order valence-corrected chi connectivity index (χ3v) is 10.7. The number of aliphatic hydroxyl groups is 1. The molecule has 0 amide bonds. The number of allylic oxidation sites excluding steroid dienone is 5. The first-order valence-corrected chi connectivity index (χ1v) is 15.9. The summed E-state index contributed by atoms with van der Waals surface area (Å²) in [6.45, 7) is 23.1. The number of phenols is 2. The number of carbonyl (C=O) groups excluding carboxylic acids is 3. The van der Waals surface area contributed by atoms with Gasteiger partial charge in [0, 0.05) is 17.6 Å². The van der Waals surface area contributed by atoms with E-state index >= 15 is 9.59 Å². The molecule has 1 saturated carbocycles. The Morgan fingerprint density at radius 1 is 1.11 bits per heavy atom. The second-order valence-electron chi connectivity index (χ2n) is 15.2. The van der Waals surface area contributed by atoms with Crippen molar-refractivity contribution in [2.75, 3.05) is 0 Å². The molecule has 1 fully saturated rings. The second kappa shape index (κ2) is 11.7. The number of ketones is 3. The van der Waals surface area contributed by atoms with Gasteiger partial charge in [-0.05, 0) is 109 Å². The van der Waals surface area contributed by atoms with E-state index in [1.165, 1.54) is 12.1 Å². The lowest BCUT2D eigenvalue weighted by Gasteiger charge is -2.59. The van der Waals surface area contributed by atoms with Crippen LogP contribution in [0.25, 0.3) is 0 Å². The van der Waals surface area contributed by atoms with Crippen molar-refractivity contribution in [2.24, 2.45) is 28.1 Å². The quantitative estimate of drug-likeness (QED) is 0.101. The summed E-state index contributed by atoms with van der Waals surface area (Å²) in [5, 5.41) is 31.4. The largest absolute Gasteiger partial charge is 0.504 e. The van der Waals surface area contributed by atoms with Crippen LogP contribution in [0.2, 0.25) is 0 Å². The molecular weight excluding hydrogens is 568 g/mol. The Bertz CT molecular complexity index is 1510. The van der Waals surface area contributed by atoms with Crippen LogP contribution in [0, 0.1) is 28.1 Å². The van der Waals surface area contributed by atoms with Gasteiger partial charge in [0.25, 0.3) is 0 Å². The Labute approximate surface area is 267 Å². The van der Waals surface area contributed by atoms with Gasteiger partial charge in [-0.15, -0.1) is 6.58 Å². The van der Waals surface area contributed by atoms with Crippen molar-refractivity contribution >= 4 is 17.3 Å². The van der Waals surface area contributed by atoms with Gasteiger partial charge in [0.1, 0.15) is 11.9 Å². The number of aromatic hydroxyl groups is 2. The Kier molecular flexibility index (Phi) is 8.97. The number of hydrogen-bond acceptors (Lipinski definition) is 7. The van der Waals surface area contributed by atoms with Crippen LogP contribution in [0.3, 0.4) is 0 Å². The zero-order valence-electron chi connectivity index (χ0n) is 28.2. The fraction of sp³-hybridized carbons (Fsp3) is 0.553. The zero-order valence-corrected chi connectivity index (χ0v) is 28.2. The molecule has 1 aromatic carbocycles. The average Bonchev–Trinajstić information content (AvgIpc) is 3.39. The number of carbonyl (C=O) groups is 3. The third kappa shape index (κ3) is 5.51. The zero-order chi connectivity index (χ0) is 33.9. The van der Waals surface area contributed by atoms with E-state index in [2.05, 4.69) is 13.2 Å². The Morgan fingerprint density at radius 2 is 1.76 bits per heavy atom. The van der Waals surface area contributed by atoms with E-state index in [1.807, 2.05) is 47.6 Å². The molecule has 1 aliphatic heterocycles. The predicted molar refractivity (Wildman–Crippen MR) is 175 cm³/mol. The number of hydrogen-bond donors (Lipinski definition) is 3. The molecule has 244 valence electrons. The maximum atomic E-state index is 15.3. The minimum Gasteiger partial charge on any atom is -0.504 e. The summed E-state index contributed by atoms with van der Waals surface area (Å²) in [5.74, 6) is -2.66. The fourth-order valence-electron chi connectivity index (χ4n) is 7.80. The molecule has 3 aliphatic rings. The normalized spacial score (nSPS) is 27.8. The molecule has 7 nitrogen and oxygen atoms in total. The highest BCUT2D eigenvalue weighted by Crippen LogP contribution is 2.68. The number of Topliss-reactive ketones (excluding diaryl/α,β-unsaturated/α-hetero) is 3. The second-order valence-corrected chi connectivity index (χ2v) is 15.2. The first kappa shape index (κ1) is 34.4. The Balaban J connectivity index is 2.04. The molecule has 45 heavy (non-hydrogen) atoms. The van der Waals surface area contributed by atoms with Crippen molar-refractivity contribution in [3.8, 4) is 11.5 Å². The molecule has 2 bridgehead atoms. The standard InChI is InChI=1S/C38H50O7/c1-21(2)11-12-24(23(5)6)17-26-20-37(16-15-22(3)4)33-27(19-30(45-33)36(9,10)44)32(42)38(34(37)43,35(26,7)8)31(41)25-13-14-28(39)29(40)18-25/h13-15,18,24,26,30,39-40,44H,1,5,11-12,16-17,19-20H2,2-4,6-10H3/t24?,26-,30-,37+,38-/m1/s1. The lowest BCUT2D eigenvalue weighted by Crippen LogP contribution is -2.69. The van der Waals surface area contributed by atoms with E-state index in [9.17, 15) is 20.1 Å². The molecule has 3 N–H and O–H groups in total. The smallest absolute Gasteiger partial charge is 0.184 e. The number of phenolic OH excluding ortho intramolecular Hbond substituents is 2. The molecule has 1 heterocycles. The lowest BCUT2D eigenvalue weighted by molar-refractivity contribution is -0.167. The van der Waals surface area contributed by atoms with E-state index in [0.717, 1.165) is 35.6 Å². The van der Waals surface area contributed by atoms with Crippen molar-refractivity contribution in [1.29, 1.82) is 0 Å². The van der Waals surface area contributed by atoms with Crippen LogP contribution in [0.4, 0.5) is 0 Å². The topological polar surface area (TPSA) is 121 Å². The van der Waals surface area contributed by atoms with Crippen molar-refractivity contribution in [1.82, 2.24) is 0 Å². The third-order valence-electron chi connectivity index (χ3n) is 10.7. The molecule has 0 saturated heterocycles. The van der Waals surface area contributed by atoms with Crippen LogP contribution in [0.5, 0.6) is 11.5 Å². The Morgan fingerprint density at radius 3 is 2.29 bits per heavy atom. The first-order valence-electron chi connectivity index (χ1n) is 15.9. The predicted octanol–water partition coefficient (Wildman–Crippen LogP) is 7.56. The number of rotatable bonds is 11. The van der Waals surface area contributed by atoms with E-state index in [1.54, 1.807) is 13.8 Å². The van der Waals surface area contributed by atoms with Gasteiger partial charge in [0.05, 0.1) is 11.0 Å². The number of ether oxygens (including phenoxy) is 1. The highest BCUT2D eigenvalue weighted by atomic mass is 16.5. The molecule has 7 heteroatoms. The van der Waals surface area contributed by atoms with Gasteiger partial charge in [-0.3, -0.25) is 14.4 Å². The fourth-order valence-corrected chi connectivity index (χ4v) is 7.80. The van der Waals surface area contributed by atoms with E-state index in [4.69, 9.17) is 4.74 Å². The highest BCUT2D eigenvalue weighted by molar-refractivity contribution is 6.36. The van der Waals surface area contributed by atoms with Crippen LogP contribution >= 0.6 is 0 Å². The van der Waals surface area contributed by atoms with Gasteiger partial charge in [-0.25, -0.2) is 0 Å². The van der Waals surface area contributed by atoms with Gasteiger partial charge in [-0.2, -0.15) is 0 Å².